The van der Waals surface area contributed by atoms with Crippen LogP contribution in [0, 0.1) is 0 Å². The molecule has 2 aromatic heterocycles. The van der Waals surface area contributed by atoms with Gasteiger partial charge < -0.3 is 0 Å². The van der Waals surface area contributed by atoms with Crippen LogP contribution in [0.25, 0.3) is 0 Å². The van der Waals surface area contributed by atoms with E-state index in [1.165, 1.54) is 23.1 Å². The highest BCUT2D eigenvalue weighted by molar-refractivity contribution is 9.10. The van der Waals surface area contributed by atoms with Crippen molar-refractivity contribution in [1.82, 2.24) is 9.97 Å². The third-order valence-corrected chi connectivity index (χ3v) is 4.31. The third-order valence-electron chi connectivity index (χ3n) is 2.96. The number of hydrogen-bond donors (Lipinski definition) is 1. The molecule has 0 radical (unpaired) electrons. The zero-order chi connectivity index (χ0) is 15.4. The van der Waals surface area contributed by atoms with E-state index < -0.39 is 0 Å². The SMILES string of the molecule is O=C(Nc1ncc(Cc2ccccc2)s1)c1cncc(Br)c1. The molecule has 0 unspecified atom stereocenters. The number of nitrogens with one attached hydrogen (secondary N) is 1. The van der Waals surface area contributed by atoms with Crippen molar-refractivity contribution in [3.05, 3.63) is 75.5 Å². The molecule has 22 heavy (non-hydrogen) atoms. The number of benzene rings is 1. The van der Waals surface area contributed by atoms with Crippen LogP contribution in [0.3, 0.4) is 0 Å². The summed E-state index contributed by atoms with van der Waals surface area (Å²) < 4.78 is 0.768. The molecule has 0 saturated carbocycles. The van der Waals surface area contributed by atoms with Crippen LogP contribution in [0.4, 0.5) is 5.13 Å². The lowest BCUT2D eigenvalue weighted by Crippen LogP contribution is -2.11. The van der Waals surface area contributed by atoms with E-state index in [0.29, 0.717) is 10.7 Å². The summed E-state index contributed by atoms with van der Waals surface area (Å²) in [7, 11) is 0. The summed E-state index contributed by atoms with van der Waals surface area (Å²) in [6.07, 6.45) is 5.77. The number of anilines is 1. The average Bonchev–Trinajstić information content (AvgIpc) is 2.95. The number of rotatable bonds is 4. The van der Waals surface area contributed by atoms with Crippen LogP contribution in [-0.4, -0.2) is 15.9 Å². The highest BCUT2D eigenvalue weighted by Crippen LogP contribution is 2.22. The number of aromatic nitrogens is 2. The lowest BCUT2D eigenvalue weighted by Gasteiger charge is -2.01. The van der Waals surface area contributed by atoms with Gasteiger partial charge in [-0.15, -0.1) is 11.3 Å². The Labute approximate surface area is 140 Å². The molecule has 0 fully saturated rings. The number of amides is 1. The van der Waals surface area contributed by atoms with Gasteiger partial charge >= 0.3 is 0 Å². The smallest absolute Gasteiger partial charge is 0.259 e. The monoisotopic (exact) mass is 373 g/mol. The third kappa shape index (κ3) is 3.78. The number of nitrogens with zero attached hydrogens (tertiary/aromatic N) is 2. The van der Waals surface area contributed by atoms with E-state index in [2.05, 4.69) is 43.3 Å². The van der Waals surface area contributed by atoms with E-state index in [1.807, 2.05) is 18.2 Å². The van der Waals surface area contributed by atoms with Crippen molar-refractivity contribution >= 4 is 38.3 Å². The fourth-order valence-electron chi connectivity index (χ4n) is 1.95. The Morgan fingerprint density at radius 3 is 2.77 bits per heavy atom. The number of thiazole rings is 1. The molecule has 3 aromatic rings. The molecule has 0 spiro atoms. The van der Waals surface area contributed by atoms with Crippen molar-refractivity contribution in [2.45, 2.75) is 6.42 Å². The van der Waals surface area contributed by atoms with Crippen LogP contribution in [0.1, 0.15) is 20.8 Å². The second kappa shape index (κ2) is 6.81. The maximum atomic E-state index is 12.1. The van der Waals surface area contributed by atoms with E-state index in [4.69, 9.17) is 0 Å². The quantitative estimate of drug-likeness (QED) is 0.747. The lowest BCUT2D eigenvalue weighted by atomic mass is 10.1. The minimum Gasteiger partial charge on any atom is -0.298 e. The molecule has 110 valence electrons. The molecule has 0 aliphatic heterocycles. The molecular formula is C16H12BrN3OS. The highest BCUT2D eigenvalue weighted by atomic mass is 79.9. The molecule has 0 atom stereocenters. The van der Waals surface area contributed by atoms with Crippen LogP contribution in [0.15, 0.2) is 59.5 Å². The Hall–Kier alpha value is -2.05. The van der Waals surface area contributed by atoms with Gasteiger partial charge in [0.15, 0.2) is 5.13 Å². The van der Waals surface area contributed by atoms with Gasteiger partial charge in [-0.25, -0.2) is 4.98 Å². The number of halogens is 1. The van der Waals surface area contributed by atoms with Crippen LogP contribution in [0.2, 0.25) is 0 Å². The van der Waals surface area contributed by atoms with Gasteiger partial charge in [-0.05, 0) is 27.6 Å². The predicted octanol–water partition coefficient (Wildman–Crippen LogP) is 4.14. The number of pyridine rings is 1. The Balaban J connectivity index is 1.68. The second-order valence-electron chi connectivity index (χ2n) is 4.64. The summed E-state index contributed by atoms with van der Waals surface area (Å²) in [5.41, 5.74) is 1.72. The van der Waals surface area contributed by atoms with Gasteiger partial charge in [0, 0.05) is 34.4 Å². The summed E-state index contributed by atoms with van der Waals surface area (Å²) >= 11 is 4.78. The lowest BCUT2D eigenvalue weighted by molar-refractivity contribution is 0.102. The molecule has 1 amide bonds. The Morgan fingerprint density at radius 2 is 2.00 bits per heavy atom. The fraction of sp³-hybridized carbons (Fsp3) is 0.0625. The molecular weight excluding hydrogens is 362 g/mol. The highest BCUT2D eigenvalue weighted by Gasteiger charge is 2.10. The second-order valence-corrected chi connectivity index (χ2v) is 6.67. The maximum absolute atomic E-state index is 12.1. The van der Waals surface area contributed by atoms with Gasteiger partial charge in [0.1, 0.15) is 0 Å². The first kappa shape index (κ1) is 14.9. The number of hydrogen-bond acceptors (Lipinski definition) is 4. The molecule has 6 heteroatoms. The van der Waals surface area contributed by atoms with E-state index >= 15 is 0 Å². The molecule has 2 heterocycles. The molecule has 1 N–H and O–H groups in total. The van der Waals surface area contributed by atoms with Crippen molar-refractivity contribution in [3.63, 3.8) is 0 Å². The van der Waals surface area contributed by atoms with Gasteiger partial charge in [-0.2, -0.15) is 0 Å². The maximum Gasteiger partial charge on any atom is 0.259 e. The predicted molar refractivity (Wildman–Crippen MR) is 91.3 cm³/mol. The van der Waals surface area contributed by atoms with Gasteiger partial charge in [0.25, 0.3) is 5.91 Å². The van der Waals surface area contributed by atoms with Crippen molar-refractivity contribution in [1.29, 1.82) is 0 Å². The summed E-state index contributed by atoms with van der Waals surface area (Å²) in [6.45, 7) is 0. The standard InChI is InChI=1S/C16H12BrN3OS/c17-13-7-12(8-18-9-13)15(21)20-16-19-10-14(22-16)6-11-4-2-1-3-5-11/h1-5,7-10H,6H2,(H,19,20,21). The van der Waals surface area contributed by atoms with Crippen molar-refractivity contribution in [2.75, 3.05) is 5.32 Å². The average molecular weight is 374 g/mol. The Kier molecular flexibility index (Phi) is 4.60. The number of carbonyl (C=O) groups is 1. The Morgan fingerprint density at radius 1 is 1.18 bits per heavy atom. The van der Waals surface area contributed by atoms with E-state index in [-0.39, 0.29) is 5.91 Å². The minimum atomic E-state index is -0.214. The molecule has 4 nitrogen and oxygen atoms in total. The molecule has 0 saturated heterocycles. The fourth-order valence-corrected chi connectivity index (χ4v) is 3.16. The molecule has 0 bridgehead atoms. The largest absolute Gasteiger partial charge is 0.298 e. The van der Waals surface area contributed by atoms with Crippen LogP contribution >= 0.6 is 27.3 Å². The van der Waals surface area contributed by atoms with Gasteiger partial charge in [-0.3, -0.25) is 15.1 Å². The minimum absolute atomic E-state index is 0.214. The van der Waals surface area contributed by atoms with Gasteiger partial charge in [-0.1, -0.05) is 30.3 Å². The van der Waals surface area contributed by atoms with Gasteiger partial charge in [0.05, 0.1) is 5.56 Å². The van der Waals surface area contributed by atoms with E-state index in [1.54, 1.807) is 18.5 Å². The van der Waals surface area contributed by atoms with Crippen LogP contribution in [-0.2, 0) is 6.42 Å². The summed E-state index contributed by atoms with van der Waals surface area (Å²) in [5.74, 6) is -0.214. The first-order valence-electron chi connectivity index (χ1n) is 6.61. The molecule has 0 aliphatic rings. The number of carbonyl (C=O) groups excluding carboxylic acids is 1. The first-order valence-corrected chi connectivity index (χ1v) is 8.22. The summed E-state index contributed by atoms with van der Waals surface area (Å²) in [6, 6.07) is 11.9. The molecule has 3 rings (SSSR count). The Bertz CT molecular complexity index is 789. The molecule has 0 aliphatic carbocycles. The van der Waals surface area contributed by atoms with Gasteiger partial charge in [0.2, 0.25) is 0 Å². The van der Waals surface area contributed by atoms with Crippen LogP contribution < -0.4 is 5.32 Å². The topological polar surface area (TPSA) is 54.9 Å². The zero-order valence-electron chi connectivity index (χ0n) is 11.5. The van der Waals surface area contributed by atoms with Crippen LogP contribution in [0.5, 0.6) is 0 Å². The zero-order valence-corrected chi connectivity index (χ0v) is 13.9. The summed E-state index contributed by atoms with van der Waals surface area (Å²) in [5, 5.41) is 3.39. The first-order chi connectivity index (χ1) is 10.7. The van der Waals surface area contributed by atoms with E-state index in [9.17, 15) is 4.79 Å². The summed E-state index contributed by atoms with van der Waals surface area (Å²) in [4.78, 5) is 21.5. The van der Waals surface area contributed by atoms with E-state index in [0.717, 1.165) is 15.8 Å². The van der Waals surface area contributed by atoms with Crippen molar-refractivity contribution < 1.29 is 4.79 Å². The van der Waals surface area contributed by atoms with Crippen molar-refractivity contribution in [3.8, 4) is 0 Å². The normalized spacial score (nSPS) is 10.4. The van der Waals surface area contributed by atoms with Crippen molar-refractivity contribution in [2.24, 2.45) is 0 Å². The molecule has 1 aromatic carbocycles.